The smallest absolute Gasteiger partial charge is 0.310 e. The van der Waals surface area contributed by atoms with E-state index in [1.165, 1.54) is 36.4 Å². The molecule has 0 saturated carbocycles. The van der Waals surface area contributed by atoms with Crippen molar-refractivity contribution in [1.29, 1.82) is 0 Å². The van der Waals surface area contributed by atoms with Crippen molar-refractivity contribution in [3.8, 4) is 11.5 Å². The van der Waals surface area contributed by atoms with Crippen LogP contribution in [0.25, 0.3) is 0 Å². The molecule has 9 nitrogen and oxygen atoms in total. The number of rotatable bonds is 5. The van der Waals surface area contributed by atoms with Gasteiger partial charge in [-0.25, -0.2) is 0 Å². The van der Waals surface area contributed by atoms with Crippen LogP contribution < -0.4 is 15.6 Å². The van der Waals surface area contributed by atoms with Gasteiger partial charge in [0.05, 0.1) is 10.5 Å². The first-order chi connectivity index (χ1) is 11.5. The van der Waals surface area contributed by atoms with E-state index in [-0.39, 0.29) is 22.7 Å². The average Bonchev–Trinajstić information content (AvgIpc) is 2.58. The zero-order valence-electron chi connectivity index (χ0n) is 12.3. The van der Waals surface area contributed by atoms with Crippen molar-refractivity contribution in [2.24, 2.45) is 0 Å². The van der Waals surface area contributed by atoms with E-state index in [1.54, 1.807) is 12.1 Å². The van der Waals surface area contributed by atoms with Crippen molar-refractivity contribution in [2.45, 2.75) is 0 Å². The van der Waals surface area contributed by atoms with Crippen LogP contribution >= 0.6 is 0 Å². The quantitative estimate of drug-likeness (QED) is 0.556. The van der Waals surface area contributed by atoms with Crippen LogP contribution in [0.5, 0.6) is 11.5 Å². The zero-order valence-corrected chi connectivity index (χ0v) is 12.3. The van der Waals surface area contributed by atoms with Gasteiger partial charge in [-0.1, -0.05) is 24.3 Å². The van der Waals surface area contributed by atoms with Crippen molar-refractivity contribution in [1.82, 2.24) is 10.9 Å². The van der Waals surface area contributed by atoms with Gasteiger partial charge in [-0.15, -0.1) is 0 Å². The van der Waals surface area contributed by atoms with Crippen molar-refractivity contribution < 1.29 is 24.4 Å². The largest absolute Gasteiger partial charge is 0.507 e. The summed E-state index contributed by atoms with van der Waals surface area (Å²) < 4.78 is 5.07. The zero-order chi connectivity index (χ0) is 17.5. The number of carbonyl (C=O) groups is 2. The fourth-order valence-corrected chi connectivity index (χ4v) is 1.77. The van der Waals surface area contributed by atoms with Gasteiger partial charge in [0.25, 0.3) is 11.8 Å². The van der Waals surface area contributed by atoms with Crippen LogP contribution in [0.2, 0.25) is 0 Å². The van der Waals surface area contributed by atoms with E-state index in [0.29, 0.717) is 0 Å². The predicted octanol–water partition coefficient (Wildman–Crippen LogP) is 1.14. The highest BCUT2D eigenvalue weighted by atomic mass is 16.6. The van der Waals surface area contributed by atoms with Crippen LogP contribution in [0, 0.1) is 10.1 Å². The Morgan fingerprint density at radius 1 is 1.08 bits per heavy atom. The second-order valence-corrected chi connectivity index (χ2v) is 4.53. The van der Waals surface area contributed by atoms with Gasteiger partial charge in [0, 0.05) is 6.07 Å². The Bertz CT molecular complexity index is 777. The van der Waals surface area contributed by atoms with Gasteiger partial charge in [0.2, 0.25) is 0 Å². The lowest BCUT2D eigenvalue weighted by atomic mass is 10.2. The van der Waals surface area contributed by atoms with E-state index in [1.807, 2.05) is 0 Å². The molecular weight excluding hydrogens is 318 g/mol. The van der Waals surface area contributed by atoms with Crippen molar-refractivity contribution in [3.63, 3.8) is 0 Å². The topological polar surface area (TPSA) is 131 Å². The molecule has 2 aromatic rings. The van der Waals surface area contributed by atoms with E-state index < -0.39 is 23.3 Å². The molecule has 0 bridgehead atoms. The van der Waals surface area contributed by atoms with E-state index >= 15 is 0 Å². The lowest BCUT2D eigenvalue weighted by Crippen LogP contribution is -2.43. The molecule has 2 aromatic carbocycles. The number of hydrazine groups is 1. The van der Waals surface area contributed by atoms with Crippen LogP contribution in [0.1, 0.15) is 10.4 Å². The van der Waals surface area contributed by atoms with Crippen molar-refractivity contribution >= 4 is 17.5 Å². The normalized spacial score (nSPS) is 9.83. The molecule has 2 rings (SSSR count). The number of ether oxygens (including phenoxy) is 1. The third-order valence-corrected chi connectivity index (χ3v) is 2.88. The molecule has 0 aliphatic heterocycles. The second-order valence-electron chi connectivity index (χ2n) is 4.53. The number of para-hydroxylation sites is 3. The van der Waals surface area contributed by atoms with Crippen LogP contribution in [0.3, 0.4) is 0 Å². The van der Waals surface area contributed by atoms with Crippen LogP contribution in [-0.2, 0) is 4.79 Å². The summed E-state index contributed by atoms with van der Waals surface area (Å²) in [5.74, 6) is -1.74. The Hall–Kier alpha value is -3.62. The summed E-state index contributed by atoms with van der Waals surface area (Å²) >= 11 is 0. The summed E-state index contributed by atoms with van der Waals surface area (Å²) in [5.41, 5.74) is 3.89. The highest BCUT2D eigenvalue weighted by Gasteiger charge is 2.15. The van der Waals surface area contributed by atoms with Crippen LogP contribution in [-0.4, -0.2) is 28.5 Å². The summed E-state index contributed by atoms with van der Waals surface area (Å²) in [6.45, 7) is -0.536. The molecule has 0 saturated heterocycles. The molecular formula is C15H13N3O6. The fraction of sp³-hybridized carbons (Fsp3) is 0.0667. The predicted molar refractivity (Wildman–Crippen MR) is 82.3 cm³/mol. The van der Waals surface area contributed by atoms with Crippen molar-refractivity contribution in [2.75, 3.05) is 6.61 Å². The molecule has 3 N–H and O–H groups in total. The highest BCUT2D eigenvalue weighted by Crippen LogP contribution is 2.25. The summed E-state index contributed by atoms with van der Waals surface area (Å²) in [6.07, 6.45) is 0. The van der Waals surface area contributed by atoms with E-state index in [0.717, 1.165) is 0 Å². The number of carbonyl (C=O) groups excluding carboxylic acids is 2. The standard InChI is InChI=1S/C15H13N3O6/c19-12-7-3-1-5-10(12)15(21)17-16-14(20)9-24-13-8-4-2-6-11(13)18(22)23/h1-8,19H,9H2,(H,16,20)(H,17,21). The first-order valence-electron chi connectivity index (χ1n) is 6.72. The molecule has 0 spiro atoms. The lowest BCUT2D eigenvalue weighted by Gasteiger charge is -2.09. The van der Waals surface area contributed by atoms with Crippen molar-refractivity contribution in [3.05, 3.63) is 64.2 Å². The number of nitro groups is 1. The number of hydrogen-bond acceptors (Lipinski definition) is 6. The second kappa shape index (κ2) is 7.58. The average molecular weight is 331 g/mol. The molecule has 24 heavy (non-hydrogen) atoms. The Labute approximate surface area is 136 Å². The number of nitro benzene ring substituents is 1. The summed E-state index contributed by atoms with van der Waals surface area (Å²) in [5, 5.41) is 20.3. The molecule has 9 heteroatoms. The third kappa shape index (κ3) is 4.19. The molecule has 2 amide bonds. The first kappa shape index (κ1) is 16.7. The van der Waals surface area contributed by atoms with Gasteiger partial charge in [0.1, 0.15) is 5.75 Å². The third-order valence-electron chi connectivity index (χ3n) is 2.88. The number of nitrogens with one attached hydrogen (secondary N) is 2. The molecule has 0 aliphatic rings. The molecule has 0 radical (unpaired) electrons. The molecule has 0 fully saturated rings. The molecule has 124 valence electrons. The SMILES string of the molecule is O=C(COc1ccccc1[N+](=O)[O-])NNC(=O)c1ccccc1O. The van der Waals surface area contributed by atoms with E-state index in [9.17, 15) is 24.8 Å². The lowest BCUT2D eigenvalue weighted by molar-refractivity contribution is -0.385. The molecule has 0 atom stereocenters. The summed E-state index contributed by atoms with van der Waals surface area (Å²) in [7, 11) is 0. The van der Waals surface area contributed by atoms with Gasteiger partial charge in [-0.05, 0) is 18.2 Å². The van der Waals surface area contributed by atoms with E-state index in [2.05, 4.69) is 10.9 Å². The number of phenols is 1. The molecule has 0 unspecified atom stereocenters. The minimum absolute atomic E-state index is 0.0163. The minimum atomic E-state index is -0.725. The van der Waals surface area contributed by atoms with Gasteiger partial charge >= 0.3 is 5.69 Å². The Balaban J connectivity index is 1.87. The number of phenolic OH excluding ortho intramolecular Hbond substituents is 1. The maximum absolute atomic E-state index is 11.8. The maximum atomic E-state index is 11.8. The Kier molecular flexibility index (Phi) is 5.29. The van der Waals surface area contributed by atoms with Crippen LogP contribution in [0.15, 0.2) is 48.5 Å². The molecule has 0 aromatic heterocycles. The number of nitrogens with zero attached hydrogens (tertiary/aromatic N) is 1. The van der Waals surface area contributed by atoms with Gasteiger partial charge < -0.3 is 9.84 Å². The van der Waals surface area contributed by atoms with Crippen LogP contribution in [0.4, 0.5) is 5.69 Å². The number of hydrogen-bond donors (Lipinski definition) is 3. The first-order valence-corrected chi connectivity index (χ1v) is 6.72. The summed E-state index contributed by atoms with van der Waals surface area (Å²) in [6, 6.07) is 11.4. The minimum Gasteiger partial charge on any atom is -0.507 e. The Morgan fingerprint density at radius 2 is 1.75 bits per heavy atom. The number of aromatic hydroxyl groups is 1. The monoisotopic (exact) mass is 331 g/mol. The Morgan fingerprint density at radius 3 is 2.46 bits per heavy atom. The summed E-state index contributed by atoms with van der Waals surface area (Å²) in [4.78, 5) is 33.6. The highest BCUT2D eigenvalue weighted by molar-refractivity contribution is 5.97. The number of benzene rings is 2. The van der Waals surface area contributed by atoms with Gasteiger partial charge in [0.15, 0.2) is 12.4 Å². The fourth-order valence-electron chi connectivity index (χ4n) is 1.77. The number of amides is 2. The van der Waals surface area contributed by atoms with Gasteiger partial charge in [-0.3, -0.25) is 30.6 Å². The molecule has 0 aliphatic carbocycles. The maximum Gasteiger partial charge on any atom is 0.310 e. The van der Waals surface area contributed by atoms with E-state index in [4.69, 9.17) is 4.74 Å². The van der Waals surface area contributed by atoms with Gasteiger partial charge in [-0.2, -0.15) is 0 Å². The molecule has 0 heterocycles.